The number of methoxy groups -OCH3 is 1. The molecule has 0 amide bonds. The van der Waals surface area contributed by atoms with Crippen LogP contribution < -0.4 is 5.32 Å². The van der Waals surface area contributed by atoms with Crippen LogP contribution in [0.4, 0.5) is 0 Å². The molecule has 1 heterocycles. The minimum Gasteiger partial charge on any atom is -0.373 e. The standard InChI is InChI=1S/C11H22N2O/c1-4-5-6-7-9-8(2)10(14-3)11(12)13-9/h8-10H,4-7H2,1-3H3,(H2,12,13)/t8-,9+,10-/m1/s1. The van der Waals surface area contributed by atoms with Crippen molar-refractivity contribution in [3.8, 4) is 0 Å². The highest BCUT2D eigenvalue weighted by Gasteiger charge is 2.36. The quantitative estimate of drug-likeness (QED) is 0.665. The predicted molar refractivity (Wildman–Crippen MR) is 58.8 cm³/mol. The summed E-state index contributed by atoms with van der Waals surface area (Å²) in [6.07, 6.45) is 4.95. The molecule has 0 aromatic carbocycles. The molecule has 0 aliphatic carbocycles. The third-order valence-electron chi connectivity index (χ3n) is 3.11. The van der Waals surface area contributed by atoms with E-state index < -0.39 is 0 Å². The minimum absolute atomic E-state index is 0.0124. The van der Waals surface area contributed by atoms with Crippen LogP contribution in [0, 0.1) is 11.3 Å². The fourth-order valence-electron chi connectivity index (χ4n) is 2.17. The molecule has 0 bridgehead atoms. The van der Waals surface area contributed by atoms with Crippen molar-refractivity contribution in [2.75, 3.05) is 7.11 Å². The minimum atomic E-state index is -0.0124. The summed E-state index contributed by atoms with van der Waals surface area (Å²) in [7, 11) is 1.69. The second-order valence-electron chi connectivity index (χ2n) is 4.18. The van der Waals surface area contributed by atoms with Crippen LogP contribution in [0.15, 0.2) is 0 Å². The molecule has 3 heteroatoms. The van der Waals surface area contributed by atoms with Crippen LogP contribution in [0.25, 0.3) is 0 Å². The molecule has 0 aromatic heterocycles. The zero-order valence-electron chi connectivity index (χ0n) is 9.47. The van der Waals surface area contributed by atoms with E-state index in [1.165, 1.54) is 19.3 Å². The van der Waals surface area contributed by atoms with Crippen molar-refractivity contribution in [3.63, 3.8) is 0 Å². The number of hydrogen-bond donors (Lipinski definition) is 2. The first-order chi connectivity index (χ1) is 6.70. The molecule has 1 aliphatic rings. The molecular formula is C11H22N2O. The van der Waals surface area contributed by atoms with Crippen molar-refractivity contribution in [2.45, 2.75) is 51.7 Å². The molecule has 0 aromatic rings. The van der Waals surface area contributed by atoms with Gasteiger partial charge in [0.25, 0.3) is 0 Å². The Bertz CT molecular complexity index is 194. The van der Waals surface area contributed by atoms with Gasteiger partial charge in [0.1, 0.15) is 11.9 Å². The Kier molecular flexibility index (Phi) is 4.39. The van der Waals surface area contributed by atoms with Gasteiger partial charge in [-0.1, -0.05) is 33.1 Å². The summed E-state index contributed by atoms with van der Waals surface area (Å²) < 4.78 is 5.29. The first-order valence-electron chi connectivity index (χ1n) is 5.58. The van der Waals surface area contributed by atoms with Crippen LogP contribution in [-0.4, -0.2) is 25.1 Å². The Morgan fingerprint density at radius 2 is 2.14 bits per heavy atom. The third kappa shape index (κ3) is 2.47. The highest BCUT2D eigenvalue weighted by molar-refractivity contribution is 5.86. The predicted octanol–water partition coefficient (Wildman–Crippen LogP) is 2.17. The first-order valence-corrected chi connectivity index (χ1v) is 5.58. The summed E-state index contributed by atoms with van der Waals surface area (Å²) in [5, 5.41) is 10.9. The van der Waals surface area contributed by atoms with Gasteiger partial charge < -0.3 is 10.1 Å². The van der Waals surface area contributed by atoms with E-state index in [0.29, 0.717) is 17.8 Å². The molecule has 1 saturated heterocycles. The Morgan fingerprint density at radius 1 is 1.43 bits per heavy atom. The van der Waals surface area contributed by atoms with E-state index in [9.17, 15) is 0 Å². The number of hydrogen-bond acceptors (Lipinski definition) is 2. The van der Waals surface area contributed by atoms with Gasteiger partial charge in [0, 0.05) is 19.1 Å². The summed E-state index contributed by atoms with van der Waals surface area (Å²) in [4.78, 5) is 0. The fraction of sp³-hybridized carbons (Fsp3) is 0.909. The van der Waals surface area contributed by atoms with Gasteiger partial charge in [-0.05, 0) is 6.42 Å². The lowest BCUT2D eigenvalue weighted by molar-refractivity contribution is 0.113. The lowest BCUT2D eigenvalue weighted by Crippen LogP contribution is -2.27. The van der Waals surface area contributed by atoms with Gasteiger partial charge in [0.05, 0.1) is 0 Å². The second-order valence-corrected chi connectivity index (χ2v) is 4.18. The van der Waals surface area contributed by atoms with Crippen LogP contribution >= 0.6 is 0 Å². The summed E-state index contributed by atoms with van der Waals surface area (Å²) >= 11 is 0. The molecule has 0 unspecified atom stereocenters. The van der Waals surface area contributed by atoms with Crippen molar-refractivity contribution in [2.24, 2.45) is 5.92 Å². The molecule has 14 heavy (non-hydrogen) atoms. The molecule has 0 radical (unpaired) electrons. The van der Waals surface area contributed by atoms with Gasteiger partial charge in [0.2, 0.25) is 0 Å². The van der Waals surface area contributed by atoms with Crippen molar-refractivity contribution in [3.05, 3.63) is 0 Å². The SMILES string of the molecule is CCCCC[C@@H]1NC(=N)[C@H](OC)[C@@H]1C. The number of amidine groups is 1. The maximum Gasteiger partial charge on any atom is 0.124 e. The van der Waals surface area contributed by atoms with Crippen molar-refractivity contribution in [1.82, 2.24) is 5.32 Å². The van der Waals surface area contributed by atoms with Crippen molar-refractivity contribution in [1.29, 1.82) is 5.41 Å². The summed E-state index contributed by atoms with van der Waals surface area (Å²) in [6, 6.07) is 0.444. The number of rotatable bonds is 5. The maximum atomic E-state index is 7.71. The van der Waals surface area contributed by atoms with Crippen molar-refractivity contribution < 1.29 is 4.74 Å². The molecule has 2 N–H and O–H groups in total. The van der Waals surface area contributed by atoms with Crippen LogP contribution in [0.3, 0.4) is 0 Å². The molecule has 1 rings (SSSR count). The van der Waals surface area contributed by atoms with Gasteiger partial charge in [-0.2, -0.15) is 0 Å². The Morgan fingerprint density at radius 3 is 2.64 bits per heavy atom. The topological polar surface area (TPSA) is 45.1 Å². The molecule has 1 aliphatic heterocycles. The van der Waals surface area contributed by atoms with E-state index >= 15 is 0 Å². The second kappa shape index (κ2) is 5.35. The van der Waals surface area contributed by atoms with Gasteiger partial charge in [-0.3, -0.25) is 5.41 Å². The Balaban J connectivity index is 2.37. The maximum absolute atomic E-state index is 7.71. The Hall–Kier alpha value is -0.570. The van der Waals surface area contributed by atoms with Crippen LogP contribution in [0.2, 0.25) is 0 Å². The zero-order chi connectivity index (χ0) is 10.6. The van der Waals surface area contributed by atoms with Crippen LogP contribution in [0.5, 0.6) is 0 Å². The van der Waals surface area contributed by atoms with E-state index in [1.807, 2.05) is 0 Å². The summed E-state index contributed by atoms with van der Waals surface area (Å²) in [5.41, 5.74) is 0. The zero-order valence-corrected chi connectivity index (χ0v) is 9.47. The molecule has 3 atom stereocenters. The lowest BCUT2D eigenvalue weighted by Gasteiger charge is -2.17. The first kappa shape index (κ1) is 11.5. The fourth-order valence-corrected chi connectivity index (χ4v) is 2.17. The molecule has 1 fully saturated rings. The van der Waals surface area contributed by atoms with E-state index in [-0.39, 0.29) is 6.10 Å². The van der Waals surface area contributed by atoms with E-state index in [2.05, 4.69) is 19.2 Å². The van der Waals surface area contributed by atoms with E-state index in [4.69, 9.17) is 10.1 Å². The summed E-state index contributed by atoms with van der Waals surface area (Å²) in [5.74, 6) is 0.992. The average molecular weight is 198 g/mol. The number of nitrogens with one attached hydrogen (secondary N) is 2. The molecule has 3 nitrogen and oxygen atoms in total. The third-order valence-corrected chi connectivity index (χ3v) is 3.11. The van der Waals surface area contributed by atoms with Crippen LogP contribution in [0.1, 0.15) is 39.5 Å². The Labute approximate surface area is 86.7 Å². The normalized spacial score (nSPS) is 31.9. The van der Waals surface area contributed by atoms with Crippen molar-refractivity contribution >= 4 is 5.84 Å². The van der Waals surface area contributed by atoms with E-state index in [0.717, 1.165) is 6.42 Å². The van der Waals surface area contributed by atoms with Crippen LogP contribution in [-0.2, 0) is 4.74 Å². The number of ether oxygens (including phenoxy) is 1. The highest BCUT2D eigenvalue weighted by atomic mass is 16.5. The van der Waals surface area contributed by atoms with Gasteiger partial charge >= 0.3 is 0 Å². The van der Waals surface area contributed by atoms with Gasteiger partial charge in [-0.25, -0.2) is 0 Å². The average Bonchev–Trinajstić information content (AvgIpc) is 2.42. The monoisotopic (exact) mass is 198 g/mol. The molecule has 0 saturated carbocycles. The summed E-state index contributed by atoms with van der Waals surface area (Å²) in [6.45, 7) is 4.38. The van der Waals surface area contributed by atoms with Gasteiger partial charge in [0.15, 0.2) is 0 Å². The van der Waals surface area contributed by atoms with E-state index in [1.54, 1.807) is 7.11 Å². The number of unbranched alkanes of at least 4 members (excludes halogenated alkanes) is 2. The molecule has 0 spiro atoms. The highest BCUT2D eigenvalue weighted by Crippen LogP contribution is 2.23. The lowest BCUT2D eigenvalue weighted by atomic mass is 9.96. The van der Waals surface area contributed by atoms with Gasteiger partial charge in [-0.15, -0.1) is 0 Å². The molecular weight excluding hydrogens is 176 g/mol. The molecule has 82 valence electrons. The largest absolute Gasteiger partial charge is 0.373 e. The smallest absolute Gasteiger partial charge is 0.124 e.